The predicted molar refractivity (Wildman–Crippen MR) is 92.1 cm³/mol. The maximum absolute atomic E-state index is 11.6. The highest BCUT2D eigenvalue weighted by molar-refractivity contribution is 7.86. The third kappa shape index (κ3) is 3.60. The first-order valence-electron chi connectivity index (χ1n) is 8.22. The molecule has 0 unspecified atom stereocenters. The van der Waals surface area contributed by atoms with Crippen molar-refractivity contribution >= 4 is 21.2 Å². The number of rotatable bonds is 7. The Morgan fingerprint density at radius 3 is 2.58 bits per heavy atom. The van der Waals surface area contributed by atoms with Crippen molar-refractivity contribution in [1.82, 2.24) is 4.57 Å². The van der Waals surface area contributed by atoms with Crippen LogP contribution in [0.25, 0.3) is 11.0 Å². The molecule has 0 aliphatic heterocycles. The second-order valence-corrected chi connectivity index (χ2v) is 7.67. The van der Waals surface area contributed by atoms with Crippen molar-refractivity contribution in [3.05, 3.63) is 29.6 Å². The van der Waals surface area contributed by atoms with Crippen LogP contribution in [0, 0.1) is 18.3 Å². The summed E-state index contributed by atoms with van der Waals surface area (Å²) in [5, 5.41) is 8.38. The van der Waals surface area contributed by atoms with Crippen molar-refractivity contribution in [3.8, 4) is 6.07 Å². The van der Waals surface area contributed by atoms with Gasteiger partial charge in [-0.15, -0.1) is 0 Å². The van der Waals surface area contributed by atoms with Crippen molar-refractivity contribution < 1.29 is 17.5 Å². The van der Waals surface area contributed by atoms with Gasteiger partial charge in [0.05, 0.1) is 30.0 Å². The Hall–Kier alpha value is -1.91. The lowest BCUT2D eigenvalue weighted by Gasteiger charge is -2.12. The minimum atomic E-state index is -4.05. The Morgan fingerprint density at radius 2 is 2.04 bits per heavy atom. The van der Waals surface area contributed by atoms with Crippen LogP contribution in [0.3, 0.4) is 0 Å². The molecular weight excluding hydrogens is 326 g/mol. The Labute approximate surface area is 143 Å². The van der Waals surface area contributed by atoms with Gasteiger partial charge in [0, 0.05) is 19.4 Å². The van der Waals surface area contributed by atoms with Crippen LogP contribution in [0.5, 0.6) is 0 Å². The van der Waals surface area contributed by atoms with Crippen LogP contribution in [0.15, 0.2) is 18.2 Å². The van der Waals surface area contributed by atoms with Crippen LogP contribution < -0.4 is 4.57 Å². The third-order valence-corrected chi connectivity index (χ3v) is 5.80. The minimum Gasteiger partial charge on any atom is -0.285 e. The zero-order chi connectivity index (χ0) is 17.9. The van der Waals surface area contributed by atoms with Crippen molar-refractivity contribution in [2.75, 3.05) is 0 Å². The fourth-order valence-electron chi connectivity index (χ4n) is 3.25. The molecule has 1 aromatic carbocycles. The molecule has 0 spiro atoms. The molecule has 0 saturated heterocycles. The number of benzene rings is 1. The number of imidazole rings is 1. The average molecular weight is 350 g/mol. The fraction of sp³-hybridized carbons (Fsp3) is 0.529. The summed E-state index contributed by atoms with van der Waals surface area (Å²) in [6.45, 7) is 7.20. The normalized spacial score (nSPS) is 13.1. The van der Waals surface area contributed by atoms with E-state index in [1.54, 1.807) is 6.07 Å². The van der Waals surface area contributed by atoms with Gasteiger partial charge in [0.2, 0.25) is 0 Å². The first-order valence-corrected chi connectivity index (χ1v) is 9.72. The van der Waals surface area contributed by atoms with Crippen molar-refractivity contribution in [2.45, 2.75) is 58.4 Å². The molecule has 2 aromatic rings. The maximum Gasteiger partial charge on any atom is 0.267 e. The van der Waals surface area contributed by atoms with Crippen LogP contribution in [0.2, 0.25) is 0 Å². The first kappa shape index (κ1) is 18.4. The van der Waals surface area contributed by atoms with E-state index in [0.717, 1.165) is 23.4 Å². The fourth-order valence-corrected chi connectivity index (χ4v) is 4.19. The smallest absolute Gasteiger partial charge is 0.267 e. The van der Waals surface area contributed by atoms with E-state index in [0.29, 0.717) is 31.4 Å². The van der Waals surface area contributed by atoms with E-state index in [-0.39, 0.29) is 0 Å². The highest BCUT2D eigenvalue weighted by Gasteiger charge is 2.26. The molecular formula is C17H24N3O3S+. The number of aryl methyl sites for hydroxylation is 2. The molecule has 0 amide bonds. The Bertz CT molecular complexity index is 879. The molecule has 1 heterocycles. The van der Waals surface area contributed by atoms with Crippen LogP contribution in [-0.4, -0.2) is 22.8 Å². The molecule has 2 rings (SSSR count). The molecule has 0 bridgehead atoms. The molecule has 0 radical (unpaired) electrons. The van der Waals surface area contributed by atoms with Crippen molar-refractivity contribution in [3.63, 3.8) is 0 Å². The number of hydrogen-bond acceptors (Lipinski definition) is 3. The largest absolute Gasteiger partial charge is 0.285 e. The second-order valence-electron chi connectivity index (χ2n) is 5.97. The van der Waals surface area contributed by atoms with Crippen LogP contribution in [0.4, 0.5) is 0 Å². The Morgan fingerprint density at radius 1 is 1.33 bits per heavy atom. The highest BCUT2D eigenvalue weighted by Crippen LogP contribution is 2.19. The molecule has 7 heteroatoms. The number of nitriles is 1. The van der Waals surface area contributed by atoms with Crippen LogP contribution in [0.1, 0.15) is 44.5 Å². The van der Waals surface area contributed by atoms with E-state index in [1.807, 2.05) is 37.5 Å². The molecule has 0 aliphatic carbocycles. The SMILES string of the molecule is CCC[C@@H](CCn1c(C)[n+](CC)c2ccc(C#N)cc21)S(=O)(=O)O. The second kappa shape index (κ2) is 7.32. The van der Waals surface area contributed by atoms with E-state index in [4.69, 9.17) is 5.26 Å². The highest BCUT2D eigenvalue weighted by atomic mass is 32.2. The van der Waals surface area contributed by atoms with Gasteiger partial charge >= 0.3 is 0 Å². The van der Waals surface area contributed by atoms with Crippen molar-refractivity contribution in [2.24, 2.45) is 0 Å². The number of nitrogens with zero attached hydrogens (tertiary/aromatic N) is 3. The third-order valence-electron chi connectivity index (χ3n) is 4.49. The summed E-state index contributed by atoms with van der Waals surface area (Å²) in [5.41, 5.74) is 2.51. The zero-order valence-corrected chi connectivity index (χ0v) is 15.2. The lowest BCUT2D eigenvalue weighted by molar-refractivity contribution is -0.675. The topological polar surface area (TPSA) is 87.0 Å². The summed E-state index contributed by atoms with van der Waals surface area (Å²) in [6, 6.07) is 7.69. The van der Waals surface area contributed by atoms with E-state index in [2.05, 4.69) is 10.6 Å². The van der Waals surface area contributed by atoms with E-state index in [1.165, 1.54) is 0 Å². The van der Waals surface area contributed by atoms with Gasteiger partial charge in [-0.1, -0.05) is 13.3 Å². The van der Waals surface area contributed by atoms with Gasteiger partial charge < -0.3 is 0 Å². The Kier molecular flexibility index (Phi) is 5.62. The molecule has 24 heavy (non-hydrogen) atoms. The van der Waals surface area contributed by atoms with E-state index >= 15 is 0 Å². The van der Waals surface area contributed by atoms with Gasteiger partial charge in [0.25, 0.3) is 15.9 Å². The van der Waals surface area contributed by atoms with Gasteiger partial charge in [-0.2, -0.15) is 13.7 Å². The molecule has 0 aliphatic rings. The molecule has 6 nitrogen and oxygen atoms in total. The minimum absolute atomic E-state index is 0.345. The summed E-state index contributed by atoms with van der Waals surface area (Å²) in [6.07, 6.45) is 1.48. The van der Waals surface area contributed by atoms with E-state index < -0.39 is 15.4 Å². The molecule has 1 atom stereocenters. The number of aromatic nitrogens is 2. The van der Waals surface area contributed by atoms with Crippen LogP contribution in [-0.2, 0) is 23.2 Å². The van der Waals surface area contributed by atoms with E-state index in [9.17, 15) is 13.0 Å². The van der Waals surface area contributed by atoms with Gasteiger partial charge in [-0.05, 0) is 25.5 Å². The quantitative estimate of drug-likeness (QED) is 0.614. The summed E-state index contributed by atoms with van der Waals surface area (Å²) in [4.78, 5) is 0. The molecule has 1 aromatic heterocycles. The molecule has 1 N–H and O–H groups in total. The first-order chi connectivity index (χ1) is 11.3. The van der Waals surface area contributed by atoms with Crippen LogP contribution >= 0.6 is 0 Å². The summed E-state index contributed by atoms with van der Waals surface area (Å²) >= 11 is 0. The maximum atomic E-state index is 11.6. The summed E-state index contributed by atoms with van der Waals surface area (Å²) < 4.78 is 36.7. The zero-order valence-electron chi connectivity index (χ0n) is 14.4. The van der Waals surface area contributed by atoms with Gasteiger partial charge in [-0.25, -0.2) is 9.13 Å². The van der Waals surface area contributed by atoms with Gasteiger partial charge in [0.15, 0.2) is 11.0 Å². The predicted octanol–water partition coefficient (Wildman–Crippen LogP) is 2.58. The lowest BCUT2D eigenvalue weighted by atomic mass is 10.2. The van der Waals surface area contributed by atoms with Crippen molar-refractivity contribution in [1.29, 1.82) is 5.26 Å². The molecule has 0 fully saturated rings. The summed E-state index contributed by atoms with van der Waals surface area (Å²) in [5.74, 6) is 1.01. The monoisotopic (exact) mass is 350 g/mol. The molecule has 0 saturated carbocycles. The van der Waals surface area contributed by atoms with Gasteiger partial charge in [0.1, 0.15) is 0 Å². The average Bonchev–Trinajstić information content (AvgIpc) is 2.80. The Balaban J connectivity index is 2.44. The number of fused-ring (bicyclic) bond motifs is 1. The number of hydrogen-bond donors (Lipinski definition) is 1. The standard InChI is InChI=1S/C17H23N3O3S/c1-4-6-15(24(21,22)23)9-10-20-13(3)19(5-2)16-8-7-14(12-18)11-17(16)20/h7-8,11,15H,4-6,9-10H2,1-3H3/p+1/t15-/m0/s1. The summed E-state index contributed by atoms with van der Waals surface area (Å²) in [7, 11) is -4.05. The van der Waals surface area contributed by atoms with Gasteiger partial charge in [-0.3, -0.25) is 4.55 Å². The lowest BCUT2D eigenvalue weighted by Crippen LogP contribution is -2.35. The molecule has 130 valence electrons.